The van der Waals surface area contributed by atoms with Crippen molar-refractivity contribution in [2.45, 2.75) is 55.4 Å². The normalized spacial score (nSPS) is 19.2. The van der Waals surface area contributed by atoms with Crippen molar-refractivity contribution >= 4 is 29.3 Å². The number of para-hydroxylation sites is 1. The van der Waals surface area contributed by atoms with E-state index in [-0.39, 0.29) is 22.8 Å². The first-order chi connectivity index (χ1) is 12.4. The van der Waals surface area contributed by atoms with Crippen LogP contribution in [0.25, 0.3) is 0 Å². The lowest BCUT2D eigenvalue weighted by molar-refractivity contribution is -0.121. The Hall–Kier alpha value is -1.65. The maximum Gasteiger partial charge on any atom is 0.233 e. The number of ether oxygens (including phenoxy) is 1. The number of fused-ring (bicyclic) bond motifs is 1. The maximum absolute atomic E-state index is 12.9. The van der Waals surface area contributed by atoms with Gasteiger partial charge < -0.3 is 10.1 Å². The lowest BCUT2D eigenvalue weighted by Gasteiger charge is -2.38. The van der Waals surface area contributed by atoms with E-state index >= 15 is 0 Å². The molecule has 0 aromatic heterocycles. The fourth-order valence-electron chi connectivity index (χ4n) is 3.20. The molecule has 0 saturated carbocycles. The summed E-state index contributed by atoms with van der Waals surface area (Å²) in [7, 11) is 0. The quantitative estimate of drug-likeness (QED) is 0.673. The lowest BCUT2D eigenvalue weighted by Crippen LogP contribution is -2.43. The van der Waals surface area contributed by atoms with Crippen LogP contribution in [0.2, 0.25) is 5.02 Å². The fourth-order valence-corrected chi connectivity index (χ4v) is 4.28. The summed E-state index contributed by atoms with van der Waals surface area (Å²) in [6.45, 7) is 6.15. The van der Waals surface area contributed by atoms with Crippen LogP contribution in [0.15, 0.2) is 53.4 Å². The van der Waals surface area contributed by atoms with Crippen molar-refractivity contribution in [2.24, 2.45) is 0 Å². The van der Waals surface area contributed by atoms with E-state index < -0.39 is 0 Å². The number of rotatable bonds is 5. The fraction of sp³-hybridized carbons (Fsp3) is 0.381. The molecule has 2 aromatic rings. The van der Waals surface area contributed by atoms with Crippen LogP contribution in [-0.4, -0.2) is 16.8 Å². The van der Waals surface area contributed by atoms with Crippen molar-refractivity contribution in [3.63, 3.8) is 0 Å². The van der Waals surface area contributed by atoms with Crippen molar-refractivity contribution in [2.75, 3.05) is 0 Å². The smallest absolute Gasteiger partial charge is 0.233 e. The van der Waals surface area contributed by atoms with Crippen molar-refractivity contribution in [3.05, 3.63) is 59.1 Å². The summed E-state index contributed by atoms with van der Waals surface area (Å²) in [4.78, 5) is 14.0. The molecular weight excluding hydrogens is 366 g/mol. The van der Waals surface area contributed by atoms with E-state index in [2.05, 4.69) is 19.2 Å². The topological polar surface area (TPSA) is 38.3 Å². The van der Waals surface area contributed by atoms with Crippen LogP contribution in [0.3, 0.4) is 0 Å². The molecule has 5 heteroatoms. The minimum Gasteiger partial charge on any atom is -0.487 e. The Bertz CT molecular complexity index is 776. The van der Waals surface area contributed by atoms with Crippen LogP contribution < -0.4 is 10.1 Å². The molecule has 0 spiro atoms. The predicted octanol–water partition coefficient (Wildman–Crippen LogP) is 5.63. The zero-order valence-corrected chi connectivity index (χ0v) is 16.9. The largest absolute Gasteiger partial charge is 0.487 e. The molecule has 26 heavy (non-hydrogen) atoms. The highest BCUT2D eigenvalue weighted by atomic mass is 35.5. The van der Waals surface area contributed by atoms with Gasteiger partial charge in [-0.1, -0.05) is 36.7 Å². The Morgan fingerprint density at radius 3 is 2.65 bits per heavy atom. The highest BCUT2D eigenvalue weighted by Crippen LogP contribution is 2.39. The van der Waals surface area contributed by atoms with Crippen LogP contribution in [-0.2, 0) is 4.79 Å². The van der Waals surface area contributed by atoms with E-state index in [9.17, 15) is 4.79 Å². The number of amides is 1. The summed E-state index contributed by atoms with van der Waals surface area (Å²) in [5.41, 5.74) is 0.740. The van der Waals surface area contributed by atoms with E-state index in [0.29, 0.717) is 5.02 Å². The highest BCUT2D eigenvalue weighted by molar-refractivity contribution is 8.00. The molecular formula is C21H24ClNO2S. The van der Waals surface area contributed by atoms with Gasteiger partial charge >= 0.3 is 0 Å². The highest BCUT2D eigenvalue weighted by Gasteiger charge is 2.35. The number of hydrogen-bond acceptors (Lipinski definition) is 3. The molecule has 1 amide bonds. The number of carbonyl (C=O) groups excluding carboxylic acids is 1. The average Bonchev–Trinajstić information content (AvgIpc) is 2.60. The van der Waals surface area contributed by atoms with E-state index in [1.54, 1.807) is 11.8 Å². The van der Waals surface area contributed by atoms with Gasteiger partial charge in [0, 0.05) is 21.9 Å². The third kappa shape index (κ3) is 4.54. The Labute approximate surface area is 164 Å². The van der Waals surface area contributed by atoms with Gasteiger partial charge in [-0.25, -0.2) is 0 Å². The van der Waals surface area contributed by atoms with Gasteiger partial charge in [-0.05, 0) is 50.6 Å². The monoisotopic (exact) mass is 389 g/mol. The number of carbonyl (C=O) groups is 1. The van der Waals surface area contributed by atoms with Gasteiger partial charge in [0.15, 0.2) is 0 Å². The Morgan fingerprint density at radius 1 is 1.27 bits per heavy atom. The van der Waals surface area contributed by atoms with Crippen LogP contribution in [0.1, 0.15) is 45.2 Å². The number of halogens is 1. The first-order valence-corrected chi connectivity index (χ1v) is 10.1. The predicted molar refractivity (Wildman–Crippen MR) is 108 cm³/mol. The van der Waals surface area contributed by atoms with E-state index in [1.807, 2.05) is 55.5 Å². The second-order valence-electron chi connectivity index (χ2n) is 7.13. The third-order valence-corrected chi connectivity index (χ3v) is 6.08. The summed E-state index contributed by atoms with van der Waals surface area (Å²) in [5, 5.41) is 3.81. The average molecular weight is 390 g/mol. The zero-order chi connectivity index (χ0) is 18.7. The van der Waals surface area contributed by atoms with E-state index in [4.69, 9.17) is 16.3 Å². The second-order valence-corrected chi connectivity index (χ2v) is 8.85. The number of nitrogens with one attached hydrogen (secondary N) is 1. The molecule has 0 bridgehead atoms. The van der Waals surface area contributed by atoms with Crippen LogP contribution in [0.5, 0.6) is 5.75 Å². The van der Waals surface area contributed by atoms with Crippen molar-refractivity contribution < 1.29 is 9.53 Å². The van der Waals surface area contributed by atoms with Gasteiger partial charge in [-0.2, -0.15) is 0 Å². The molecule has 1 aliphatic heterocycles. The van der Waals surface area contributed by atoms with E-state index in [0.717, 1.165) is 29.1 Å². The summed E-state index contributed by atoms with van der Waals surface area (Å²) >= 11 is 7.52. The molecule has 3 nitrogen and oxygen atoms in total. The molecule has 0 saturated heterocycles. The molecule has 1 aliphatic rings. The molecule has 3 rings (SSSR count). The minimum absolute atomic E-state index is 0.0395. The van der Waals surface area contributed by atoms with Gasteiger partial charge in [-0.3, -0.25) is 4.79 Å². The summed E-state index contributed by atoms with van der Waals surface area (Å²) in [6.07, 6.45) is 1.51. The molecule has 138 valence electrons. The maximum atomic E-state index is 12.9. The van der Waals surface area contributed by atoms with Crippen LogP contribution in [0.4, 0.5) is 0 Å². The summed E-state index contributed by atoms with van der Waals surface area (Å²) < 4.78 is 6.06. The van der Waals surface area contributed by atoms with E-state index in [1.165, 1.54) is 0 Å². The van der Waals surface area contributed by atoms with Gasteiger partial charge in [0.1, 0.15) is 11.4 Å². The molecule has 1 heterocycles. The molecule has 0 aliphatic carbocycles. The van der Waals surface area contributed by atoms with Crippen molar-refractivity contribution in [1.82, 2.24) is 5.32 Å². The molecule has 0 radical (unpaired) electrons. The third-order valence-electron chi connectivity index (χ3n) is 4.45. The SMILES string of the molecule is CC[C@H](Sc1ccc(Cl)cc1)C(=O)N[C@@H]1CC(C)(C)Oc2ccccc21. The zero-order valence-electron chi connectivity index (χ0n) is 15.3. The number of thioether (sulfide) groups is 1. The minimum atomic E-state index is -0.308. The van der Waals surface area contributed by atoms with Gasteiger partial charge in [0.2, 0.25) is 5.91 Å². The molecule has 0 fully saturated rings. The molecule has 2 atom stereocenters. The molecule has 2 aromatic carbocycles. The number of benzene rings is 2. The van der Waals surface area contributed by atoms with Crippen molar-refractivity contribution in [3.8, 4) is 5.75 Å². The van der Waals surface area contributed by atoms with Gasteiger partial charge in [-0.15, -0.1) is 11.8 Å². The Balaban J connectivity index is 1.74. The van der Waals surface area contributed by atoms with Crippen molar-refractivity contribution in [1.29, 1.82) is 0 Å². The van der Waals surface area contributed by atoms with Gasteiger partial charge in [0.05, 0.1) is 11.3 Å². The molecule has 1 N–H and O–H groups in total. The van der Waals surface area contributed by atoms with Crippen LogP contribution >= 0.6 is 23.4 Å². The lowest BCUT2D eigenvalue weighted by atomic mass is 9.89. The standard InChI is InChI=1S/C21H24ClNO2S/c1-4-19(26-15-11-9-14(22)10-12-15)20(24)23-17-13-21(2,3)25-18-8-6-5-7-16(17)18/h5-12,17,19H,4,13H2,1-3H3,(H,23,24)/t17-,19+/m1/s1. The molecule has 0 unspecified atom stereocenters. The first kappa shape index (κ1) is 19.1. The first-order valence-electron chi connectivity index (χ1n) is 8.88. The second kappa shape index (κ2) is 7.93. The Morgan fingerprint density at radius 2 is 1.96 bits per heavy atom. The van der Waals surface area contributed by atoms with Gasteiger partial charge in [0.25, 0.3) is 0 Å². The van der Waals surface area contributed by atoms with Crippen LogP contribution in [0, 0.1) is 0 Å². The number of hydrogen-bond donors (Lipinski definition) is 1. The summed E-state index contributed by atoms with van der Waals surface area (Å²) in [6, 6.07) is 15.5. The Kier molecular flexibility index (Phi) is 5.83. The summed E-state index contributed by atoms with van der Waals surface area (Å²) in [5.74, 6) is 0.914.